The summed E-state index contributed by atoms with van der Waals surface area (Å²) in [4.78, 5) is 39.9. The van der Waals surface area contributed by atoms with Gasteiger partial charge >= 0.3 is 0 Å². The van der Waals surface area contributed by atoms with Crippen LogP contribution in [0.3, 0.4) is 0 Å². The Balaban J connectivity index is 1.42. The fourth-order valence-electron chi connectivity index (χ4n) is 3.90. The van der Waals surface area contributed by atoms with E-state index in [-0.39, 0.29) is 33.7 Å². The Morgan fingerprint density at radius 3 is 2.87 bits per heavy atom. The molecule has 3 aromatic rings. The van der Waals surface area contributed by atoms with Crippen LogP contribution in [0.25, 0.3) is 11.2 Å². The summed E-state index contributed by atoms with van der Waals surface area (Å²) in [6, 6.07) is 0. The van der Waals surface area contributed by atoms with Crippen molar-refractivity contribution in [2.75, 3.05) is 18.8 Å². The number of imidazole rings is 1. The summed E-state index contributed by atoms with van der Waals surface area (Å²) in [6.07, 6.45) is 5.46. The average molecular weight is 443 g/mol. The molecule has 4 heterocycles. The van der Waals surface area contributed by atoms with Gasteiger partial charge in [0.25, 0.3) is 0 Å². The number of nitrogen functional groups attached to an aromatic ring is 1. The molecule has 0 spiro atoms. The van der Waals surface area contributed by atoms with Crippen molar-refractivity contribution in [3.8, 4) is 0 Å². The van der Waals surface area contributed by atoms with Gasteiger partial charge in [-0.2, -0.15) is 0 Å². The summed E-state index contributed by atoms with van der Waals surface area (Å²) in [5, 5.41) is 0.137. The van der Waals surface area contributed by atoms with Gasteiger partial charge in [-0.25, -0.2) is 24.9 Å². The first kappa shape index (κ1) is 21.6. The molecular formula is C21H27ClN8O. The number of carbonyl (C=O) groups excluding carboxylic acids is 1. The lowest BCUT2D eigenvalue weighted by molar-refractivity contribution is 0.0906. The Hall–Kier alpha value is -2.65. The molecule has 3 N–H and O–H groups in total. The van der Waals surface area contributed by atoms with Crippen LogP contribution in [0.1, 0.15) is 62.2 Å². The molecule has 0 bridgehead atoms. The number of piperidine rings is 1. The zero-order valence-electron chi connectivity index (χ0n) is 18.0. The van der Waals surface area contributed by atoms with Crippen LogP contribution in [0.2, 0.25) is 5.02 Å². The average Bonchev–Trinajstić information content (AvgIpc) is 3.11. The third-order valence-electron chi connectivity index (χ3n) is 5.49. The maximum atomic E-state index is 12.7. The molecule has 0 aliphatic carbocycles. The fourth-order valence-corrected chi connectivity index (χ4v) is 4.11. The minimum absolute atomic E-state index is 0.0975. The summed E-state index contributed by atoms with van der Waals surface area (Å²) in [7, 11) is 0. The molecule has 1 atom stereocenters. The van der Waals surface area contributed by atoms with Crippen LogP contribution in [0.4, 0.5) is 5.82 Å². The number of fused-ring (bicyclic) bond motifs is 1. The second-order valence-corrected chi connectivity index (χ2v) is 9.53. The molecule has 4 rings (SSSR count). The standard InChI is InChI=1S/C21H27ClN8O/c1-21(2,3)20-24-8-13-19(29-20)28-15(27-13)10-30-6-4-5-12(9-30)7-14(31)17-16(22)18(23)26-11-25-17/h8,11-12H,4-7,9-10H2,1-3H3,(H2,23,25,26)(H,24,27,28,29). The molecule has 31 heavy (non-hydrogen) atoms. The van der Waals surface area contributed by atoms with E-state index >= 15 is 0 Å². The van der Waals surface area contributed by atoms with Crippen LogP contribution in [-0.2, 0) is 12.0 Å². The highest BCUT2D eigenvalue weighted by molar-refractivity contribution is 6.35. The Kier molecular flexibility index (Phi) is 5.90. The van der Waals surface area contributed by atoms with E-state index in [1.165, 1.54) is 6.33 Å². The topological polar surface area (TPSA) is 127 Å². The van der Waals surface area contributed by atoms with Gasteiger partial charge in [0.15, 0.2) is 11.4 Å². The number of Topliss-reactive ketones (excluding diaryl/α,β-unsaturated/α-hetero) is 1. The fraction of sp³-hybridized carbons (Fsp3) is 0.524. The molecule has 1 fully saturated rings. The first-order valence-electron chi connectivity index (χ1n) is 10.4. The number of likely N-dealkylation sites (tertiary alicyclic amines) is 1. The van der Waals surface area contributed by atoms with Gasteiger partial charge in [0.05, 0.1) is 12.7 Å². The SMILES string of the molecule is CC(C)(C)c1ncc2[nH]c(CN3CCCC(CC(=O)c4ncnc(N)c4Cl)C3)nc2n1. The number of aromatic amines is 1. The number of anilines is 1. The normalized spacial score (nSPS) is 17.9. The van der Waals surface area contributed by atoms with Crippen molar-refractivity contribution in [3.63, 3.8) is 0 Å². The van der Waals surface area contributed by atoms with Crippen molar-refractivity contribution in [3.05, 3.63) is 34.9 Å². The maximum absolute atomic E-state index is 12.7. The minimum atomic E-state index is -0.128. The second-order valence-electron chi connectivity index (χ2n) is 9.16. The number of nitrogens with zero attached hydrogens (tertiary/aromatic N) is 6. The molecule has 0 amide bonds. The molecule has 3 aromatic heterocycles. The lowest BCUT2D eigenvalue weighted by atomic mass is 9.92. The molecule has 1 aliphatic heterocycles. The van der Waals surface area contributed by atoms with Crippen molar-refractivity contribution in [1.82, 2.24) is 34.8 Å². The Bertz CT molecular complexity index is 1110. The van der Waals surface area contributed by atoms with E-state index in [4.69, 9.17) is 17.3 Å². The molecule has 0 saturated carbocycles. The van der Waals surface area contributed by atoms with Gasteiger partial charge in [-0.1, -0.05) is 32.4 Å². The summed E-state index contributed by atoms with van der Waals surface area (Å²) in [5.41, 5.74) is 7.30. The van der Waals surface area contributed by atoms with Gasteiger partial charge in [-0.15, -0.1) is 0 Å². The number of H-pyrrole nitrogens is 1. The number of halogens is 1. The first-order valence-corrected chi connectivity index (χ1v) is 10.8. The molecule has 1 aliphatic rings. The third-order valence-corrected chi connectivity index (χ3v) is 5.86. The third kappa shape index (κ3) is 4.83. The van der Waals surface area contributed by atoms with Crippen LogP contribution in [0.5, 0.6) is 0 Å². The smallest absolute Gasteiger partial charge is 0.183 e. The largest absolute Gasteiger partial charge is 0.382 e. The lowest BCUT2D eigenvalue weighted by Crippen LogP contribution is -2.36. The van der Waals surface area contributed by atoms with Gasteiger partial charge in [-0.3, -0.25) is 9.69 Å². The van der Waals surface area contributed by atoms with Crippen LogP contribution in [0.15, 0.2) is 12.5 Å². The predicted octanol–water partition coefficient (Wildman–Crippen LogP) is 3.16. The van der Waals surface area contributed by atoms with Gasteiger partial charge in [0.1, 0.15) is 40.0 Å². The van der Waals surface area contributed by atoms with E-state index in [0.717, 1.165) is 43.1 Å². The van der Waals surface area contributed by atoms with E-state index < -0.39 is 0 Å². The summed E-state index contributed by atoms with van der Waals surface area (Å²) < 4.78 is 0. The molecule has 164 valence electrons. The van der Waals surface area contributed by atoms with Crippen molar-refractivity contribution in [2.24, 2.45) is 5.92 Å². The van der Waals surface area contributed by atoms with E-state index in [0.29, 0.717) is 18.6 Å². The van der Waals surface area contributed by atoms with Crippen LogP contribution < -0.4 is 5.73 Å². The molecule has 0 aromatic carbocycles. The predicted molar refractivity (Wildman–Crippen MR) is 119 cm³/mol. The first-order chi connectivity index (χ1) is 14.7. The number of nitrogens with one attached hydrogen (secondary N) is 1. The number of carbonyl (C=O) groups is 1. The van der Waals surface area contributed by atoms with Crippen molar-refractivity contribution in [1.29, 1.82) is 0 Å². The van der Waals surface area contributed by atoms with E-state index in [1.807, 2.05) is 0 Å². The van der Waals surface area contributed by atoms with Crippen molar-refractivity contribution in [2.45, 2.75) is 52.0 Å². The number of ketones is 1. The zero-order valence-corrected chi connectivity index (χ0v) is 18.8. The zero-order chi connectivity index (χ0) is 22.2. The molecule has 9 nitrogen and oxygen atoms in total. The highest BCUT2D eigenvalue weighted by Gasteiger charge is 2.26. The Morgan fingerprint density at radius 2 is 2.10 bits per heavy atom. The van der Waals surface area contributed by atoms with Gasteiger partial charge < -0.3 is 10.7 Å². The second kappa shape index (κ2) is 8.47. The molecule has 1 unspecified atom stereocenters. The van der Waals surface area contributed by atoms with Gasteiger partial charge in [-0.05, 0) is 25.3 Å². The highest BCUT2D eigenvalue weighted by Crippen LogP contribution is 2.26. The monoisotopic (exact) mass is 442 g/mol. The van der Waals surface area contributed by atoms with Crippen LogP contribution in [0, 0.1) is 5.92 Å². The van der Waals surface area contributed by atoms with Crippen LogP contribution >= 0.6 is 11.6 Å². The van der Waals surface area contributed by atoms with E-state index in [2.05, 4.69) is 55.6 Å². The maximum Gasteiger partial charge on any atom is 0.183 e. The number of hydrogen-bond donors (Lipinski definition) is 2. The molecule has 10 heteroatoms. The number of rotatable bonds is 5. The van der Waals surface area contributed by atoms with Gasteiger partial charge in [0.2, 0.25) is 0 Å². The number of nitrogens with two attached hydrogens (primary N) is 1. The van der Waals surface area contributed by atoms with Crippen molar-refractivity contribution >= 4 is 34.4 Å². The summed E-state index contributed by atoms with van der Waals surface area (Å²) in [6.45, 7) is 8.69. The van der Waals surface area contributed by atoms with E-state index in [9.17, 15) is 4.79 Å². The number of hydrogen-bond acceptors (Lipinski definition) is 8. The van der Waals surface area contributed by atoms with Crippen LogP contribution in [-0.4, -0.2) is 53.7 Å². The summed E-state index contributed by atoms with van der Waals surface area (Å²) >= 11 is 6.11. The highest BCUT2D eigenvalue weighted by atomic mass is 35.5. The number of aromatic nitrogens is 6. The molecule has 0 radical (unpaired) electrons. The van der Waals surface area contributed by atoms with Crippen molar-refractivity contribution < 1.29 is 4.79 Å². The summed E-state index contributed by atoms with van der Waals surface area (Å²) in [5.74, 6) is 1.89. The quantitative estimate of drug-likeness (QED) is 0.577. The minimum Gasteiger partial charge on any atom is -0.382 e. The lowest BCUT2D eigenvalue weighted by Gasteiger charge is -2.31. The van der Waals surface area contributed by atoms with E-state index in [1.54, 1.807) is 6.20 Å². The Morgan fingerprint density at radius 1 is 1.29 bits per heavy atom. The molecule has 1 saturated heterocycles. The molecular weight excluding hydrogens is 416 g/mol. The Labute approximate surface area is 185 Å². The van der Waals surface area contributed by atoms with Gasteiger partial charge in [0, 0.05) is 18.4 Å².